The first-order chi connectivity index (χ1) is 7.74. The largest absolute Gasteiger partial charge is 0.356 e. The molecule has 0 unspecified atom stereocenters. The molecule has 1 rings (SSSR count). The van der Waals surface area contributed by atoms with Crippen molar-refractivity contribution in [1.29, 1.82) is 0 Å². The van der Waals surface area contributed by atoms with Crippen molar-refractivity contribution in [3.8, 4) is 0 Å². The maximum Gasteiger partial charge on any atom is 0.221 e. The zero-order chi connectivity index (χ0) is 11.8. The first kappa shape index (κ1) is 12.7. The van der Waals surface area contributed by atoms with Crippen molar-refractivity contribution in [3.05, 3.63) is 18.2 Å². The molecule has 1 aromatic heterocycles. The van der Waals surface area contributed by atoms with Gasteiger partial charge in [0.05, 0.1) is 0 Å². The Morgan fingerprint density at radius 3 is 2.94 bits per heavy atom. The number of amides is 1. The van der Waals surface area contributed by atoms with Gasteiger partial charge in [-0.1, -0.05) is 0 Å². The highest BCUT2D eigenvalue weighted by atomic mass is 16.1. The highest BCUT2D eigenvalue weighted by molar-refractivity contribution is 5.75. The zero-order valence-electron chi connectivity index (χ0n) is 9.99. The van der Waals surface area contributed by atoms with Crippen LogP contribution >= 0.6 is 0 Å². The molecule has 0 bridgehead atoms. The minimum absolute atomic E-state index is 0.105. The molecule has 1 amide bonds. The van der Waals surface area contributed by atoms with Crippen LogP contribution in [0.2, 0.25) is 0 Å². The Kier molecular flexibility index (Phi) is 5.56. The Balaban J connectivity index is 2.04. The van der Waals surface area contributed by atoms with E-state index in [2.05, 4.69) is 20.2 Å². The topological polar surface area (TPSA) is 59.0 Å². The molecule has 0 aliphatic carbocycles. The van der Waals surface area contributed by atoms with Gasteiger partial charge in [0.2, 0.25) is 5.91 Å². The smallest absolute Gasteiger partial charge is 0.221 e. The van der Waals surface area contributed by atoms with Crippen LogP contribution in [0.4, 0.5) is 0 Å². The van der Waals surface area contributed by atoms with E-state index in [1.165, 1.54) is 0 Å². The lowest BCUT2D eigenvalue weighted by Gasteiger charge is -2.06. The summed E-state index contributed by atoms with van der Waals surface area (Å²) >= 11 is 0. The standard InChI is InChI=1S/C11H20N4O/c1-3-13-11(16)4-5-12-6-8-15-9-7-14-10(15)2/h7,9,12H,3-6,8H2,1-2H3,(H,13,16). The third-order valence-electron chi connectivity index (χ3n) is 2.36. The molecule has 1 heterocycles. The van der Waals surface area contributed by atoms with Gasteiger partial charge in [-0.15, -0.1) is 0 Å². The SMILES string of the molecule is CCNC(=O)CCNCCn1ccnc1C. The molecule has 0 saturated carbocycles. The minimum atomic E-state index is 0.105. The van der Waals surface area contributed by atoms with Crippen LogP contribution < -0.4 is 10.6 Å². The van der Waals surface area contributed by atoms with Crippen LogP contribution in [0.1, 0.15) is 19.2 Å². The Bertz CT molecular complexity index is 322. The molecule has 0 aromatic carbocycles. The summed E-state index contributed by atoms with van der Waals surface area (Å²) < 4.78 is 2.08. The normalized spacial score (nSPS) is 10.4. The molecule has 0 aliphatic heterocycles. The molecule has 5 nitrogen and oxygen atoms in total. The molecule has 0 radical (unpaired) electrons. The van der Waals surface area contributed by atoms with E-state index < -0.39 is 0 Å². The van der Waals surface area contributed by atoms with Crippen LogP contribution in [0.5, 0.6) is 0 Å². The molecule has 0 atom stereocenters. The summed E-state index contributed by atoms with van der Waals surface area (Å²) in [5.41, 5.74) is 0. The predicted octanol–water partition coefficient (Wildman–Crippen LogP) is 0.307. The van der Waals surface area contributed by atoms with Gasteiger partial charge in [0, 0.05) is 45.0 Å². The quantitative estimate of drug-likeness (QED) is 0.655. The van der Waals surface area contributed by atoms with E-state index in [0.717, 1.165) is 25.5 Å². The van der Waals surface area contributed by atoms with Gasteiger partial charge < -0.3 is 15.2 Å². The van der Waals surface area contributed by atoms with Crippen molar-refractivity contribution < 1.29 is 4.79 Å². The van der Waals surface area contributed by atoms with Gasteiger partial charge in [0.1, 0.15) is 5.82 Å². The summed E-state index contributed by atoms with van der Waals surface area (Å²) in [5.74, 6) is 1.12. The van der Waals surface area contributed by atoms with E-state index in [0.29, 0.717) is 13.0 Å². The van der Waals surface area contributed by atoms with Gasteiger partial charge in [-0.3, -0.25) is 4.79 Å². The number of nitrogens with zero attached hydrogens (tertiary/aromatic N) is 2. The number of nitrogens with one attached hydrogen (secondary N) is 2. The van der Waals surface area contributed by atoms with E-state index in [-0.39, 0.29) is 5.91 Å². The van der Waals surface area contributed by atoms with Crippen molar-refractivity contribution in [3.63, 3.8) is 0 Å². The predicted molar refractivity (Wildman–Crippen MR) is 63.1 cm³/mol. The van der Waals surface area contributed by atoms with Crippen LogP contribution in [0.25, 0.3) is 0 Å². The number of aromatic nitrogens is 2. The van der Waals surface area contributed by atoms with Crippen LogP contribution in [0.3, 0.4) is 0 Å². The number of aryl methyl sites for hydroxylation is 1. The van der Waals surface area contributed by atoms with Gasteiger partial charge in [-0.2, -0.15) is 0 Å². The Morgan fingerprint density at radius 2 is 2.31 bits per heavy atom. The number of hydrogen-bond donors (Lipinski definition) is 2. The lowest BCUT2D eigenvalue weighted by Crippen LogP contribution is -2.28. The summed E-state index contributed by atoms with van der Waals surface area (Å²) in [4.78, 5) is 15.3. The molecule has 90 valence electrons. The molecule has 0 fully saturated rings. The van der Waals surface area contributed by atoms with Crippen LogP contribution in [0.15, 0.2) is 12.4 Å². The van der Waals surface area contributed by atoms with E-state index >= 15 is 0 Å². The van der Waals surface area contributed by atoms with E-state index in [4.69, 9.17) is 0 Å². The van der Waals surface area contributed by atoms with Crippen LogP contribution in [-0.4, -0.2) is 35.1 Å². The van der Waals surface area contributed by atoms with Crippen LogP contribution in [0, 0.1) is 6.92 Å². The lowest BCUT2D eigenvalue weighted by atomic mass is 10.4. The molecular formula is C11H20N4O. The molecule has 2 N–H and O–H groups in total. The second-order valence-electron chi connectivity index (χ2n) is 3.62. The number of carbonyl (C=O) groups is 1. The van der Waals surface area contributed by atoms with E-state index in [9.17, 15) is 4.79 Å². The summed E-state index contributed by atoms with van der Waals surface area (Å²) in [6, 6.07) is 0. The van der Waals surface area contributed by atoms with Gasteiger partial charge >= 0.3 is 0 Å². The number of hydrogen-bond acceptors (Lipinski definition) is 3. The summed E-state index contributed by atoms with van der Waals surface area (Å²) in [7, 11) is 0. The Morgan fingerprint density at radius 1 is 1.50 bits per heavy atom. The zero-order valence-corrected chi connectivity index (χ0v) is 9.99. The summed E-state index contributed by atoms with van der Waals surface area (Å²) in [6.07, 6.45) is 4.29. The molecule has 0 saturated heterocycles. The molecular weight excluding hydrogens is 204 g/mol. The fourth-order valence-corrected chi connectivity index (χ4v) is 1.45. The third kappa shape index (κ3) is 4.44. The average Bonchev–Trinajstić information content (AvgIpc) is 2.64. The second-order valence-corrected chi connectivity index (χ2v) is 3.62. The highest BCUT2D eigenvalue weighted by Gasteiger charge is 1.99. The molecule has 0 spiro atoms. The maximum atomic E-state index is 11.1. The molecule has 16 heavy (non-hydrogen) atoms. The van der Waals surface area contributed by atoms with Gasteiger partial charge in [-0.25, -0.2) is 4.98 Å². The number of rotatable bonds is 7. The van der Waals surface area contributed by atoms with Crippen molar-refractivity contribution in [2.45, 2.75) is 26.8 Å². The van der Waals surface area contributed by atoms with E-state index in [1.807, 2.05) is 20.0 Å². The maximum absolute atomic E-state index is 11.1. The van der Waals surface area contributed by atoms with Crippen molar-refractivity contribution in [1.82, 2.24) is 20.2 Å². The van der Waals surface area contributed by atoms with Gasteiger partial charge in [-0.05, 0) is 13.8 Å². The average molecular weight is 224 g/mol. The Hall–Kier alpha value is -1.36. The van der Waals surface area contributed by atoms with Crippen molar-refractivity contribution in [2.24, 2.45) is 0 Å². The van der Waals surface area contributed by atoms with Gasteiger partial charge in [0.15, 0.2) is 0 Å². The fraction of sp³-hybridized carbons (Fsp3) is 0.636. The lowest BCUT2D eigenvalue weighted by molar-refractivity contribution is -0.120. The monoisotopic (exact) mass is 224 g/mol. The molecule has 5 heteroatoms. The summed E-state index contributed by atoms with van der Waals surface area (Å²) in [5, 5.41) is 6.00. The first-order valence-corrected chi connectivity index (χ1v) is 5.69. The minimum Gasteiger partial charge on any atom is -0.356 e. The van der Waals surface area contributed by atoms with Gasteiger partial charge in [0.25, 0.3) is 0 Å². The fourth-order valence-electron chi connectivity index (χ4n) is 1.45. The van der Waals surface area contributed by atoms with E-state index in [1.54, 1.807) is 6.20 Å². The Labute approximate surface area is 96.3 Å². The first-order valence-electron chi connectivity index (χ1n) is 5.69. The number of carbonyl (C=O) groups excluding carboxylic acids is 1. The molecule has 0 aliphatic rings. The number of imidazole rings is 1. The second kappa shape index (κ2) is 7.00. The molecule has 1 aromatic rings. The highest BCUT2D eigenvalue weighted by Crippen LogP contribution is 1.93. The van der Waals surface area contributed by atoms with Crippen molar-refractivity contribution in [2.75, 3.05) is 19.6 Å². The van der Waals surface area contributed by atoms with Crippen molar-refractivity contribution >= 4 is 5.91 Å². The summed E-state index contributed by atoms with van der Waals surface area (Å²) in [6.45, 7) is 7.08. The van der Waals surface area contributed by atoms with Crippen LogP contribution in [-0.2, 0) is 11.3 Å². The third-order valence-corrected chi connectivity index (χ3v) is 2.36.